The van der Waals surface area contributed by atoms with Gasteiger partial charge in [0, 0.05) is 10.8 Å². The molecule has 2 nitrogen and oxygen atoms in total. The summed E-state index contributed by atoms with van der Waals surface area (Å²) in [4.78, 5) is 0.935. The predicted octanol–water partition coefficient (Wildman–Crippen LogP) is 5.28. The minimum Gasteiger partial charge on any atom is -0.147 e. The average molecular weight is 309 g/mol. The number of thiophene rings is 1. The number of benzene rings is 1. The molecule has 1 aromatic carbocycles. The fourth-order valence-corrected chi connectivity index (χ4v) is 3.62. The molecule has 3 aromatic rings. The minimum atomic E-state index is 0.438. The number of aromatic nitrogens is 2. The van der Waals surface area contributed by atoms with Crippen LogP contribution in [0.4, 0.5) is 0 Å². The summed E-state index contributed by atoms with van der Waals surface area (Å²) in [7, 11) is 0. The highest BCUT2D eigenvalue weighted by molar-refractivity contribution is 7.14. The summed E-state index contributed by atoms with van der Waals surface area (Å²) in [6.07, 6.45) is 0. The van der Waals surface area contributed by atoms with Crippen LogP contribution >= 0.6 is 34.5 Å². The average Bonchev–Trinajstić information content (AvgIpc) is 2.80. The summed E-state index contributed by atoms with van der Waals surface area (Å²) in [5.41, 5.74) is 3.02. The second kappa shape index (κ2) is 4.75. The topological polar surface area (TPSA) is 25.8 Å². The maximum Gasteiger partial charge on any atom is 0.159 e. The first-order valence-corrected chi connectivity index (χ1v) is 7.38. The molecule has 0 aliphatic carbocycles. The van der Waals surface area contributed by atoms with E-state index in [1.54, 1.807) is 11.3 Å². The van der Waals surface area contributed by atoms with Gasteiger partial charge in [0.1, 0.15) is 5.69 Å². The van der Waals surface area contributed by atoms with Gasteiger partial charge in [-0.15, -0.1) is 21.5 Å². The highest BCUT2D eigenvalue weighted by atomic mass is 35.5. The predicted molar refractivity (Wildman–Crippen MR) is 82.3 cm³/mol. The fraction of sp³-hybridized carbons (Fsp3) is 0.143. The van der Waals surface area contributed by atoms with Gasteiger partial charge in [-0.3, -0.25) is 0 Å². The summed E-state index contributed by atoms with van der Waals surface area (Å²) < 4.78 is 0. The third-order valence-corrected chi connectivity index (χ3v) is 4.75. The molecule has 2 aromatic heterocycles. The molecule has 0 atom stereocenters. The van der Waals surface area contributed by atoms with Crippen molar-refractivity contribution in [2.45, 2.75) is 13.8 Å². The Hall–Kier alpha value is -1.16. The second-order valence-electron chi connectivity index (χ2n) is 4.39. The van der Waals surface area contributed by atoms with E-state index in [1.165, 1.54) is 0 Å². The Morgan fingerprint density at radius 2 is 1.63 bits per heavy atom. The molecule has 3 rings (SSSR count). The number of hydrogen-bond donors (Lipinski definition) is 0. The van der Waals surface area contributed by atoms with E-state index in [1.807, 2.05) is 31.4 Å². The number of nitrogens with zero attached hydrogens (tertiary/aromatic N) is 2. The third kappa shape index (κ3) is 2.02. The summed E-state index contributed by atoms with van der Waals surface area (Å²) in [6, 6.07) is 5.99. The molecule has 0 spiro atoms. The molecule has 5 heteroatoms. The van der Waals surface area contributed by atoms with Crippen molar-refractivity contribution in [2.24, 2.45) is 0 Å². The molecule has 0 aliphatic rings. The summed E-state index contributed by atoms with van der Waals surface area (Å²) in [5.74, 6) is 0. The number of aryl methyl sites for hydroxylation is 2. The molecule has 0 unspecified atom stereocenters. The van der Waals surface area contributed by atoms with Gasteiger partial charge in [-0.25, -0.2) is 0 Å². The lowest BCUT2D eigenvalue weighted by atomic mass is 10.0. The van der Waals surface area contributed by atoms with Crippen LogP contribution < -0.4 is 0 Å². The molecule has 96 valence electrons. The quantitative estimate of drug-likeness (QED) is 0.611. The first-order valence-electron chi connectivity index (χ1n) is 5.75. The van der Waals surface area contributed by atoms with Gasteiger partial charge in [0.25, 0.3) is 0 Å². The molecule has 0 bridgehead atoms. The summed E-state index contributed by atoms with van der Waals surface area (Å²) in [5, 5.41) is 13.4. The van der Waals surface area contributed by atoms with Gasteiger partial charge < -0.3 is 0 Å². The normalized spacial score (nSPS) is 11.2. The van der Waals surface area contributed by atoms with Gasteiger partial charge in [-0.05, 0) is 36.4 Å². The lowest BCUT2D eigenvalue weighted by Crippen LogP contribution is -1.94. The molecular weight excluding hydrogens is 299 g/mol. The number of hydrogen-bond acceptors (Lipinski definition) is 3. The van der Waals surface area contributed by atoms with E-state index in [4.69, 9.17) is 23.2 Å². The first kappa shape index (κ1) is 12.9. The standard InChI is InChI=1S/C14H10Cl2N2S/c1-7-3-4-8(2)11-10(7)12(17-18-14(11)16)13-9(15)5-6-19-13/h3-6H,1-2H3. The fourth-order valence-electron chi connectivity index (χ4n) is 2.20. The van der Waals surface area contributed by atoms with Crippen molar-refractivity contribution in [2.75, 3.05) is 0 Å². The number of fused-ring (bicyclic) bond motifs is 1. The number of rotatable bonds is 1. The van der Waals surface area contributed by atoms with E-state index >= 15 is 0 Å². The zero-order valence-corrected chi connectivity index (χ0v) is 12.7. The van der Waals surface area contributed by atoms with E-state index in [-0.39, 0.29) is 0 Å². The van der Waals surface area contributed by atoms with Crippen LogP contribution in [-0.2, 0) is 0 Å². The van der Waals surface area contributed by atoms with Crippen molar-refractivity contribution in [1.82, 2.24) is 10.2 Å². The van der Waals surface area contributed by atoms with E-state index < -0.39 is 0 Å². The third-order valence-electron chi connectivity index (χ3n) is 3.14. The van der Waals surface area contributed by atoms with Crippen molar-refractivity contribution in [3.8, 4) is 10.6 Å². The molecule has 19 heavy (non-hydrogen) atoms. The van der Waals surface area contributed by atoms with Crippen molar-refractivity contribution in [1.29, 1.82) is 0 Å². The zero-order valence-electron chi connectivity index (χ0n) is 10.4. The van der Waals surface area contributed by atoms with Crippen LogP contribution in [0.25, 0.3) is 21.3 Å². The van der Waals surface area contributed by atoms with Crippen LogP contribution in [0.3, 0.4) is 0 Å². The zero-order chi connectivity index (χ0) is 13.6. The molecule has 0 amide bonds. The van der Waals surface area contributed by atoms with Crippen molar-refractivity contribution >= 4 is 45.3 Å². The Balaban J connectivity index is 2.49. The summed E-state index contributed by atoms with van der Waals surface area (Å²) >= 11 is 14.0. The lowest BCUT2D eigenvalue weighted by molar-refractivity contribution is 1.06. The molecule has 0 radical (unpaired) electrons. The Morgan fingerprint density at radius 1 is 0.947 bits per heavy atom. The first-order chi connectivity index (χ1) is 9.09. The largest absolute Gasteiger partial charge is 0.159 e. The Bertz CT molecular complexity index is 772. The van der Waals surface area contributed by atoms with E-state index in [0.29, 0.717) is 10.2 Å². The van der Waals surface area contributed by atoms with Crippen molar-refractivity contribution < 1.29 is 0 Å². The van der Waals surface area contributed by atoms with Gasteiger partial charge in [0.15, 0.2) is 5.15 Å². The molecule has 0 aliphatic heterocycles. The van der Waals surface area contributed by atoms with E-state index in [9.17, 15) is 0 Å². The SMILES string of the molecule is Cc1ccc(C)c2c(-c3sccc3Cl)nnc(Cl)c12. The maximum absolute atomic E-state index is 6.22. The second-order valence-corrected chi connectivity index (χ2v) is 6.07. The smallest absolute Gasteiger partial charge is 0.147 e. The lowest BCUT2D eigenvalue weighted by Gasteiger charge is -2.10. The van der Waals surface area contributed by atoms with Gasteiger partial charge in [0.2, 0.25) is 0 Å². The Kier molecular flexibility index (Phi) is 3.21. The minimum absolute atomic E-state index is 0.438. The van der Waals surface area contributed by atoms with Gasteiger partial charge in [-0.2, -0.15) is 0 Å². The molecule has 0 fully saturated rings. The maximum atomic E-state index is 6.22. The highest BCUT2D eigenvalue weighted by Gasteiger charge is 2.16. The summed E-state index contributed by atoms with van der Waals surface area (Å²) in [6.45, 7) is 4.07. The Morgan fingerprint density at radius 3 is 2.26 bits per heavy atom. The van der Waals surface area contributed by atoms with Crippen LogP contribution in [0.2, 0.25) is 10.2 Å². The van der Waals surface area contributed by atoms with Gasteiger partial charge in [0.05, 0.1) is 9.90 Å². The van der Waals surface area contributed by atoms with Gasteiger partial charge in [-0.1, -0.05) is 35.3 Å². The molecule has 0 N–H and O–H groups in total. The van der Waals surface area contributed by atoms with Crippen LogP contribution in [0.1, 0.15) is 11.1 Å². The molecular formula is C14H10Cl2N2S. The van der Waals surface area contributed by atoms with Crippen molar-refractivity contribution in [3.05, 3.63) is 44.9 Å². The molecule has 2 heterocycles. The van der Waals surface area contributed by atoms with Crippen LogP contribution in [0.5, 0.6) is 0 Å². The van der Waals surface area contributed by atoms with E-state index in [0.717, 1.165) is 32.5 Å². The Labute approximate surface area is 125 Å². The van der Waals surface area contributed by atoms with Crippen LogP contribution in [-0.4, -0.2) is 10.2 Å². The van der Waals surface area contributed by atoms with Crippen LogP contribution in [0.15, 0.2) is 23.6 Å². The van der Waals surface area contributed by atoms with Crippen molar-refractivity contribution in [3.63, 3.8) is 0 Å². The highest BCUT2D eigenvalue weighted by Crippen LogP contribution is 2.39. The monoisotopic (exact) mass is 308 g/mol. The van der Waals surface area contributed by atoms with Crippen LogP contribution in [0, 0.1) is 13.8 Å². The van der Waals surface area contributed by atoms with Gasteiger partial charge >= 0.3 is 0 Å². The van der Waals surface area contributed by atoms with E-state index in [2.05, 4.69) is 16.3 Å². The number of halogens is 2. The molecule has 0 saturated heterocycles. The molecule has 0 saturated carbocycles.